The smallest absolute Gasteiger partial charge is 0.272 e. The van der Waals surface area contributed by atoms with Crippen LogP contribution in [0.25, 0.3) is 0 Å². The zero-order valence-corrected chi connectivity index (χ0v) is 17.4. The molecule has 2 heterocycles. The normalized spacial score (nSPS) is 12.0. The number of benzene rings is 2. The molecule has 9 heteroatoms. The van der Waals surface area contributed by atoms with Crippen molar-refractivity contribution in [2.45, 2.75) is 6.54 Å². The molecule has 0 radical (unpaired) electrons. The fourth-order valence-electron chi connectivity index (χ4n) is 3.07. The van der Waals surface area contributed by atoms with Crippen molar-refractivity contribution in [2.75, 3.05) is 12.1 Å². The summed E-state index contributed by atoms with van der Waals surface area (Å²) in [6.07, 6.45) is 0. The third-order valence-electron chi connectivity index (χ3n) is 4.66. The summed E-state index contributed by atoms with van der Waals surface area (Å²) in [5, 5.41) is 6.13. The summed E-state index contributed by atoms with van der Waals surface area (Å²) in [7, 11) is 1.63. The van der Waals surface area contributed by atoms with Crippen LogP contribution < -0.4 is 20.1 Å². The van der Waals surface area contributed by atoms with E-state index < -0.39 is 5.91 Å². The molecule has 154 valence electrons. The van der Waals surface area contributed by atoms with Crippen LogP contribution in [0.4, 0.5) is 5.69 Å². The average Bonchev–Trinajstić information content (AvgIpc) is 3.32. The molecule has 2 aromatic carbocycles. The lowest BCUT2D eigenvalue weighted by Crippen LogP contribution is -2.25. The van der Waals surface area contributed by atoms with E-state index in [0.717, 1.165) is 5.56 Å². The van der Waals surface area contributed by atoms with Crippen LogP contribution in [0.3, 0.4) is 0 Å². The molecule has 0 bridgehead atoms. The summed E-state index contributed by atoms with van der Waals surface area (Å²) in [4.78, 5) is 25.4. The van der Waals surface area contributed by atoms with E-state index in [-0.39, 0.29) is 28.6 Å². The number of nitrogens with zero attached hydrogens (tertiary/aromatic N) is 1. The van der Waals surface area contributed by atoms with Crippen molar-refractivity contribution < 1.29 is 19.1 Å². The Labute approximate surface area is 182 Å². The minimum absolute atomic E-state index is 0.190. The standard InChI is InChI=1S/C21H17Cl2N3O4/c1-26-16(9-14(22)19(26)23)21(28)25-15-5-3-2-4-13(15)20(27)24-10-12-6-7-17-18(8-12)30-11-29-17/h2-9H,10-11H2,1H3,(H,24,27)(H,25,28). The van der Waals surface area contributed by atoms with E-state index in [9.17, 15) is 9.59 Å². The van der Waals surface area contributed by atoms with E-state index in [0.29, 0.717) is 29.3 Å². The van der Waals surface area contributed by atoms with Crippen molar-refractivity contribution in [3.8, 4) is 11.5 Å². The molecule has 0 fully saturated rings. The molecular weight excluding hydrogens is 429 g/mol. The maximum absolute atomic E-state index is 12.7. The third-order valence-corrected chi connectivity index (χ3v) is 5.50. The van der Waals surface area contributed by atoms with Crippen LogP contribution in [0.1, 0.15) is 26.4 Å². The molecule has 0 unspecified atom stereocenters. The molecule has 1 aliphatic heterocycles. The van der Waals surface area contributed by atoms with E-state index in [1.54, 1.807) is 37.4 Å². The van der Waals surface area contributed by atoms with Gasteiger partial charge in [0, 0.05) is 13.6 Å². The fourth-order valence-corrected chi connectivity index (χ4v) is 3.44. The number of halogens is 2. The Kier molecular flexibility index (Phi) is 5.57. The fraction of sp³-hybridized carbons (Fsp3) is 0.143. The maximum atomic E-state index is 12.7. The zero-order valence-electron chi connectivity index (χ0n) is 15.9. The van der Waals surface area contributed by atoms with Crippen LogP contribution in [0.5, 0.6) is 11.5 Å². The number of amides is 2. The zero-order chi connectivity index (χ0) is 21.3. The second kappa shape index (κ2) is 8.30. The second-order valence-electron chi connectivity index (χ2n) is 6.60. The number of para-hydroxylation sites is 1. The molecule has 0 aliphatic carbocycles. The lowest BCUT2D eigenvalue weighted by Gasteiger charge is -2.12. The van der Waals surface area contributed by atoms with E-state index in [2.05, 4.69) is 10.6 Å². The Hall–Kier alpha value is -3.16. The first-order chi connectivity index (χ1) is 14.4. The summed E-state index contributed by atoms with van der Waals surface area (Å²) in [6.45, 7) is 0.483. The maximum Gasteiger partial charge on any atom is 0.272 e. The molecule has 2 N–H and O–H groups in total. The predicted molar refractivity (Wildman–Crippen MR) is 114 cm³/mol. The van der Waals surface area contributed by atoms with Gasteiger partial charge in [-0.3, -0.25) is 9.59 Å². The van der Waals surface area contributed by atoms with E-state index in [1.807, 2.05) is 12.1 Å². The summed E-state index contributed by atoms with van der Waals surface area (Å²) in [5.41, 5.74) is 1.85. The second-order valence-corrected chi connectivity index (χ2v) is 7.36. The van der Waals surface area contributed by atoms with E-state index in [4.69, 9.17) is 32.7 Å². The molecule has 7 nitrogen and oxygen atoms in total. The summed E-state index contributed by atoms with van der Waals surface area (Å²) < 4.78 is 12.1. The number of carbonyl (C=O) groups excluding carboxylic acids is 2. The van der Waals surface area contributed by atoms with Gasteiger partial charge in [0.1, 0.15) is 10.8 Å². The lowest BCUT2D eigenvalue weighted by molar-refractivity contribution is 0.0951. The minimum atomic E-state index is -0.428. The van der Waals surface area contributed by atoms with Crippen LogP contribution in [0.2, 0.25) is 10.2 Å². The first-order valence-electron chi connectivity index (χ1n) is 9.02. The van der Waals surface area contributed by atoms with E-state index in [1.165, 1.54) is 10.6 Å². The Morgan fingerprint density at radius 1 is 1.03 bits per heavy atom. The van der Waals surface area contributed by atoms with Crippen molar-refractivity contribution in [2.24, 2.45) is 7.05 Å². The molecule has 1 aliphatic rings. The van der Waals surface area contributed by atoms with Crippen LogP contribution in [0, 0.1) is 0 Å². The number of nitrogens with one attached hydrogen (secondary N) is 2. The molecule has 3 aromatic rings. The first-order valence-corrected chi connectivity index (χ1v) is 9.77. The Balaban J connectivity index is 1.47. The third kappa shape index (κ3) is 3.94. The Morgan fingerprint density at radius 3 is 2.57 bits per heavy atom. The van der Waals surface area contributed by atoms with Gasteiger partial charge in [-0.1, -0.05) is 41.4 Å². The summed E-state index contributed by atoms with van der Waals surface area (Å²) in [6, 6.07) is 13.7. The molecule has 2 amide bonds. The number of fused-ring (bicyclic) bond motifs is 1. The van der Waals surface area contributed by atoms with Crippen LogP contribution in [-0.4, -0.2) is 23.2 Å². The molecule has 0 spiro atoms. The molecule has 1 aromatic heterocycles. The number of hydrogen-bond acceptors (Lipinski definition) is 4. The predicted octanol–water partition coefficient (Wildman–Crippen LogP) is 4.24. The quantitative estimate of drug-likeness (QED) is 0.615. The van der Waals surface area contributed by atoms with Gasteiger partial charge in [0.05, 0.1) is 16.3 Å². The first kappa shape index (κ1) is 20.1. The number of hydrogen-bond donors (Lipinski definition) is 2. The van der Waals surface area contributed by atoms with Crippen molar-refractivity contribution in [1.82, 2.24) is 9.88 Å². The van der Waals surface area contributed by atoms with Gasteiger partial charge in [-0.2, -0.15) is 0 Å². The van der Waals surface area contributed by atoms with Crippen LogP contribution in [0.15, 0.2) is 48.5 Å². The van der Waals surface area contributed by atoms with Gasteiger partial charge in [-0.25, -0.2) is 0 Å². The monoisotopic (exact) mass is 445 g/mol. The number of carbonyl (C=O) groups is 2. The van der Waals surface area contributed by atoms with Crippen LogP contribution in [-0.2, 0) is 13.6 Å². The highest BCUT2D eigenvalue weighted by molar-refractivity contribution is 6.42. The number of aromatic nitrogens is 1. The number of rotatable bonds is 5. The number of ether oxygens (including phenoxy) is 2. The van der Waals surface area contributed by atoms with Gasteiger partial charge in [-0.05, 0) is 35.9 Å². The highest BCUT2D eigenvalue weighted by Crippen LogP contribution is 2.32. The van der Waals surface area contributed by atoms with Crippen LogP contribution >= 0.6 is 23.2 Å². The molecule has 4 rings (SSSR count). The van der Waals surface area contributed by atoms with Crippen molar-refractivity contribution in [1.29, 1.82) is 0 Å². The van der Waals surface area contributed by atoms with Crippen molar-refractivity contribution in [3.63, 3.8) is 0 Å². The summed E-state index contributed by atoms with van der Waals surface area (Å²) in [5.74, 6) is 0.571. The molecule has 30 heavy (non-hydrogen) atoms. The molecular formula is C21H17Cl2N3O4. The van der Waals surface area contributed by atoms with Gasteiger partial charge in [0.25, 0.3) is 11.8 Å². The minimum Gasteiger partial charge on any atom is -0.454 e. The number of anilines is 1. The van der Waals surface area contributed by atoms with Crippen molar-refractivity contribution >= 4 is 40.7 Å². The Morgan fingerprint density at radius 2 is 1.80 bits per heavy atom. The van der Waals surface area contributed by atoms with E-state index >= 15 is 0 Å². The Bertz CT molecular complexity index is 1140. The average molecular weight is 446 g/mol. The van der Waals surface area contributed by atoms with Gasteiger partial charge in [0.2, 0.25) is 6.79 Å². The van der Waals surface area contributed by atoms with Gasteiger partial charge in [-0.15, -0.1) is 0 Å². The van der Waals surface area contributed by atoms with Crippen molar-refractivity contribution in [3.05, 3.63) is 75.5 Å². The van der Waals surface area contributed by atoms with Gasteiger partial charge >= 0.3 is 0 Å². The SMILES string of the molecule is Cn1c(C(=O)Nc2ccccc2C(=O)NCc2ccc3c(c2)OCO3)cc(Cl)c1Cl. The highest BCUT2D eigenvalue weighted by Gasteiger charge is 2.19. The lowest BCUT2D eigenvalue weighted by atomic mass is 10.1. The highest BCUT2D eigenvalue weighted by atomic mass is 35.5. The molecule has 0 saturated carbocycles. The topological polar surface area (TPSA) is 81.6 Å². The summed E-state index contributed by atoms with van der Waals surface area (Å²) >= 11 is 12.0. The van der Waals surface area contributed by atoms with Gasteiger partial charge < -0.3 is 24.7 Å². The largest absolute Gasteiger partial charge is 0.454 e. The van der Waals surface area contributed by atoms with Gasteiger partial charge in [0.15, 0.2) is 11.5 Å². The molecule has 0 saturated heterocycles. The molecule has 0 atom stereocenters.